The van der Waals surface area contributed by atoms with Gasteiger partial charge in [-0.25, -0.2) is 0 Å². The molecule has 0 aliphatic heterocycles. The van der Waals surface area contributed by atoms with Gasteiger partial charge in [-0.1, -0.05) is 12.1 Å². The van der Waals surface area contributed by atoms with Crippen LogP contribution in [0.5, 0.6) is 0 Å². The lowest BCUT2D eigenvalue weighted by atomic mass is 10.2. The molecule has 0 radical (unpaired) electrons. The van der Waals surface area contributed by atoms with E-state index in [1.54, 1.807) is 12.1 Å². The Balaban J connectivity index is 2.75. The van der Waals surface area contributed by atoms with Gasteiger partial charge in [0.1, 0.15) is 5.75 Å². The number of ether oxygens (including phenoxy) is 1. The van der Waals surface area contributed by atoms with E-state index in [0.29, 0.717) is 4.90 Å². The van der Waals surface area contributed by atoms with E-state index in [0.717, 1.165) is 5.56 Å². The first-order valence-corrected chi connectivity index (χ1v) is 5.47. The van der Waals surface area contributed by atoms with Crippen LogP contribution in [0.1, 0.15) is 5.56 Å². The molecular formula is C10H12O3S. The molecule has 1 aromatic rings. The minimum Gasteiger partial charge on any atom is -0.468 e. The molecule has 0 amide bonds. The van der Waals surface area contributed by atoms with Crippen LogP contribution in [0, 0.1) is 6.92 Å². The predicted molar refractivity (Wildman–Crippen MR) is 54.5 cm³/mol. The molecule has 14 heavy (non-hydrogen) atoms. The van der Waals surface area contributed by atoms with Crippen molar-refractivity contribution in [2.24, 2.45) is 0 Å². The van der Waals surface area contributed by atoms with E-state index in [4.69, 9.17) is 0 Å². The van der Waals surface area contributed by atoms with E-state index >= 15 is 0 Å². The van der Waals surface area contributed by atoms with Crippen molar-refractivity contribution in [3.8, 4) is 0 Å². The molecule has 76 valence electrons. The topological polar surface area (TPSA) is 43.4 Å². The Morgan fingerprint density at radius 3 is 2.79 bits per heavy atom. The van der Waals surface area contributed by atoms with Gasteiger partial charge >= 0.3 is 5.97 Å². The Hall–Kier alpha value is -1.16. The highest BCUT2D eigenvalue weighted by Gasteiger charge is 2.09. The number of rotatable bonds is 3. The van der Waals surface area contributed by atoms with E-state index in [1.165, 1.54) is 7.11 Å². The number of methoxy groups -OCH3 is 1. The zero-order valence-electron chi connectivity index (χ0n) is 8.15. The number of hydrogen-bond acceptors (Lipinski definition) is 3. The molecule has 4 heteroatoms. The predicted octanol–water partition coefficient (Wildman–Crippen LogP) is 1.28. The summed E-state index contributed by atoms with van der Waals surface area (Å²) < 4.78 is 16.0. The van der Waals surface area contributed by atoms with Crippen LogP contribution < -0.4 is 0 Å². The van der Waals surface area contributed by atoms with Gasteiger partial charge in [0, 0.05) is 4.90 Å². The van der Waals surface area contributed by atoms with Gasteiger partial charge in [0.15, 0.2) is 0 Å². The smallest absolute Gasteiger partial charge is 0.318 e. The molecule has 1 atom stereocenters. The lowest BCUT2D eigenvalue weighted by Crippen LogP contribution is -2.12. The highest BCUT2D eigenvalue weighted by atomic mass is 32.2. The molecular weight excluding hydrogens is 200 g/mol. The van der Waals surface area contributed by atoms with Gasteiger partial charge in [0.05, 0.1) is 17.9 Å². The Kier molecular flexibility index (Phi) is 3.83. The number of esters is 1. The summed E-state index contributed by atoms with van der Waals surface area (Å²) in [6, 6.07) is 7.28. The first kappa shape index (κ1) is 10.9. The Labute approximate surface area is 85.5 Å². The lowest BCUT2D eigenvalue weighted by molar-refractivity contribution is -0.137. The fraction of sp³-hybridized carbons (Fsp3) is 0.300. The molecule has 0 fully saturated rings. The van der Waals surface area contributed by atoms with Gasteiger partial charge in [0.2, 0.25) is 0 Å². The molecule has 0 spiro atoms. The number of carbonyl (C=O) groups is 1. The molecule has 0 bridgehead atoms. The van der Waals surface area contributed by atoms with Gasteiger partial charge in [0.25, 0.3) is 0 Å². The molecule has 1 aromatic carbocycles. The number of aryl methyl sites for hydroxylation is 1. The van der Waals surface area contributed by atoms with Gasteiger partial charge < -0.3 is 4.74 Å². The van der Waals surface area contributed by atoms with Crippen LogP contribution in [0.4, 0.5) is 0 Å². The van der Waals surface area contributed by atoms with E-state index in [9.17, 15) is 9.00 Å². The van der Waals surface area contributed by atoms with Crippen molar-refractivity contribution < 1.29 is 13.7 Å². The molecule has 0 aliphatic rings. The standard InChI is InChI=1S/C10H12O3S/c1-8-4-3-5-9(6-8)14(12)7-10(11)13-2/h3-6H,7H2,1-2H3/t14-/m1/s1. The SMILES string of the molecule is COC(=O)C[S@@](=O)c1cccc(C)c1. The van der Waals surface area contributed by atoms with Gasteiger partial charge in [-0.3, -0.25) is 9.00 Å². The average molecular weight is 212 g/mol. The van der Waals surface area contributed by atoms with Crippen LogP contribution in [0.15, 0.2) is 29.2 Å². The van der Waals surface area contributed by atoms with E-state index in [-0.39, 0.29) is 5.75 Å². The maximum absolute atomic E-state index is 11.6. The third-order valence-corrected chi connectivity index (χ3v) is 3.01. The first-order chi connectivity index (χ1) is 6.63. The van der Waals surface area contributed by atoms with Crippen molar-refractivity contribution in [2.45, 2.75) is 11.8 Å². The third-order valence-electron chi connectivity index (χ3n) is 1.73. The molecule has 3 nitrogen and oxygen atoms in total. The van der Waals surface area contributed by atoms with Crippen LogP contribution in [0.3, 0.4) is 0 Å². The quantitative estimate of drug-likeness (QED) is 0.709. The Morgan fingerprint density at radius 1 is 1.50 bits per heavy atom. The Bertz CT molecular complexity index is 360. The molecule has 0 aliphatic carbocycles. The van der Waals surface area contributed by atoms with Crippen molar-refractivity contribution in [2.75, 3.05) is 12.9 Å². The normalized spacial score (nSPS) is 12.1. The van der Waals surface area contributed by atoms with Crippen molar-refractivity contribution in [3.63, 3.8) is 0 Å². The Morgan fingerprint density at radius 2 is 2.21 bits per heavy atom. The van der Waals surface area contributed by atoms with E-state index in [1.807, 2.05) is 19.1 Å². The molecule has 0 heterocycles. The van der Waals surface area contributed by atoms with Crippen LogP contribution >= 0.6 is 0 Å². The number of benzene rings is 1. The fourth-order valence-electron chi connectivity index (χ4n) is 1.01. The van der Waals surface area contributed by atoms with E-state index in [2.05, 4.69) is 4.74 Å². The minimum atomic E-state index is -1.30. The summed E-state index contributed by atoms with van der Waals surface area (Å²) in [6.45, 7) is 1.92. The molecule has 0 N–H and O–H groups in total. The van der Waals surface area contributed by atoms with Crippen LogP contribution in [0.25, 0.3) is 0 Å². The summed E-state index contributed by atoms with van der Waals surface area (Å²) in [5, 5.41) is 0. The summed E-state index contributed by atoms with van der Waals surface area (Å²) in [5.74, 6) is -0.537. The van der Waals surface area contributed by atoms with Gasteiger partial charge in [-0.05, 0) is 24.6 Å². The van der Waals surface area contributed by atoms with Gasteiger partial charge in [-0.2, -0.15) is 0 Å². The molecule has 0 saturated heterocycles. The average Bonchev–Trinajstić information content (AvgIpc) is 2.17. The second kappa shape index (κ2) is 4.91. The maximum atomic E-state index is 11.6. The lowest BCUT2D eigenvalue weighted by Gasteiger charge is -2.01. The van der Waals surface area contributed by atoms with Gasteiger partial charge in [-0.15, -0.1) is 0 Å². The van der Waals surface area contributed by atoms with Crippen LogP contribution in [-0.4, -0.2) is 23.0 Å². The zero-order chi connectivity index (χ0) is 10.6. The largest absolute Gasteiger partial charge is 0.468 e. The molecule has 0 saturated carbocycles. The van der Waals surface area contributed by atoms with Crippen molar-refractivity contribution >= 4 is 16.8 Å². The summed E-state index contributed by atoms with van der Waals surface area (Å²) in [7, 11) is -0.0107. The van der Waals surface area contributed by atoms with Crippen molar-refractivity contribution in [3.05, 3.63) is 29.8 Å². The third kappa shape index (κ3) is 2.96. The maximum Gasteiger partial charge on any atom is 0.318 e. The summed E-state index contributed by atoms with van der Waals surface area (Å²) in [5.41, 5.74) is 1.03. The highest BCUT2D eigenvalue weighted by Crippen LogP contribution is 2.09. The second-order valence-corrected chi connectivity index (χ2v) is 4.33. The fourth-order valence-corrected chi connectivity index (χ4v) is 2.05. The summed E-state index contributed by atoms with van der Waals surface area (Å²) in [6.07, 6.45) is 0. The zero-order valence-corrected chi connectivity index (χ0v) is 8.97. The summed E-state index contributed by atoms with van der Waals surface area (Å²) in [4.78, 5) is 11.5. The second-order valence-electron chi connectivity index (χ2n) is 2.88. The monoisotopic (exact) mass is 212 g/mol. The van der Waals surface area contributed by atoms with Crippen molar-refractivity contribution in [1.29, 1.82) is 0 Å². The molecule has 0 aromatic heterocycles. The molecule has 1 rings (SSSR count). The van der Waals surface area contributed by atoms with Crippen LogP contribution in [0.2, 0.25) is 0 Å². The minimum absolute atomic E-state index is 0.0834. The van der Waals surface area contributed by atoms with Crippen molar-refractivity contribution in [1.82, 2.24) is 0 Å². The highest BCUT2D eigenvalue weighted by molar-refractivity contribution is 7.85. The number of hydrogen-bond donors (Lipinski definition) is 0. The molecule has 0 unspecified atom stereocenters. The van der Waals surface area contributed by atoms with E-state index < -0.39 is 16.8 Å². The summed E-state index contributed by atoms with van der Waals surface area (Å²) >= 11 is 0. The number of carbonyl (C=O) groups excluding carboxylic acids is 1. The first-order valence-electron chi connectivity index (χ1n) is 4.15. The van der Waals surface area contributed by atoms with Crippen LogP contribution in [-0.2, 0) is 20.3 Å².